The van der Waals surface area contributed by atoms with Crippen LogP contribution in [0.15, 0.2) is 18.2 Å². The normalized spacial score (nSPS) is 15.1. The smallest absolute Gasteiger partial charge is 0.231 e. The largest absolute Gasteiger partial charge is 0.309 e. The number of benzene rings is 1. The number of carbonyl (C=O) groups is 1. The van der Waals surface area contributed by atoms with E-state index >= 15 is 0 Å². The van der Waals surface area contributed by atoms with E-state index in [2.05, 4.69) is 0 Å². The summed E-state index contributed by atoms with van der Waals surface area (Å²) < 4.78 is 0. The molecule has 0 unspecified atom stereocenters. The fourth-order valence-corrected chi connectivity index (χ4v) is 2.03. The number of fused-ring (bicyclic) bond motifs is 1. The molecule has 0 aromatic heterocycles. The molecule has 0 bridgehead atoms. The number of carbonyl (C=O) groups excluding carboxylic acids is 1. The number of nitrogens with zero attached hydrogens (tertiary/aromatic N) is 1. The minimum absolute atomic E-state index is 0.164. The second-order valence-corrected chi connectivity index (χ2v) is 4.24. The third kappa shape index (κ3) is 1.40. The Bertz CT molecular complexity index is 387. The van der Waals surface area contributed by atoms with E-state index in [1.807, 2.05) is 32.0 Å². The summed E-state index contributed by atoms with van der Waals surface area (Å²) in [5.74, 6) is 0.164. The monoisotopic (exact) mass is 209 g/mol. The fraction of sp³-hybridized carbons (Fsp3) is 0.364. The van der Waals surface area contributed by atoms with E-state index in [-0.39, 0.29) is 11.9 Å². The van der Waals surface area contributed by atoms with Crippen LogP contribution in [-0.2, 0) is 11.2 Å². The Balaban J connectivity index is 2.50. The van der Waals surface area contributed by atoms with Gasteiger partial charge in [-0.3, -0.25) is 4.79 Å². The molecule has 1 aromatic rings. The van der Waals surface area contributed by atoms with Gasteiger partial charge in [-0.15, -0.1) is 0 Å². The SMILES string of the molecule is CC(C)N1C(=O)Cc2ccc(Cl)cc21. The lowest BCUT2D eigenvalue weighted by molar-refractivity contribution is -0.117. The lowest BCUT2D eigenvalue weighted by Crippen LogP contribution is -2.33. The standard InChI is InChI=1S/C11H12ClNO/c1-7(2)13-10-6-9(12)4-3-8(10)5-11(13)14/h3-4,6-7H,5H2,1-2H3. The van der Waals surface area contributed by atoms with E-state index in [1.165, 1.54) is 0 Å². The van der Waals surface area contributed by atoms with Crippen LogP contribution in [0.25, 0.3) is 0 Å². The van der Waals surface area contributed by atoms with Gasteiger partial charge < -0.3 is 4.90 Å². The Morgan fingerprint density at radius 2 is 2.14 bits per heavy atom. The maximum Gasteiger partial charge on any atom is 0.231 e. The highest BCUT2D eigenvalue weighted by Crippen LogP contribution is 2.32. The Morgan fingerprint density at radius 3 is 2.79 bits per heavy atom. The molecule has 74 valence electrons. The molecule has 0 N–H and O–H groups in total. The summed E-state index contributed by atoms with van der Waals surface area (Å²) in [7, 11) is 0. The molecule has 0 atom stereocenters. The predicted octanol–water partition coefficient (Wildman–Crippen LogP) is 2.64. The predicted molar refractivity (Wildman–Crippen MR) is 57.8 cm³/mol. The molecule has 0 fully saturated rings. The van der Waals surface area contributed by atoms with Gasteiger partial charge in [-0.1, -0.05) is 17.7 Å². The van der Waals surface area contributed by atoms with Crippen molar-refractivity contribution in [2.24, 2.45) is 0 Å². The first kappa shape index (κ1) is 9.53. The van der Waals surface area contributed by atoms with Crippen molar-refractivity contribution in [3.05, 3.63) is 28.8 Å². The molecule has 0 saturated heterocycles. The zero-order chi connectivity index (χ0) is 10.3. The number of hydrogen-bond acceptors (Lipinski definition) is 1. The Kier molecular flexibility index (Phi) is 2.23. The first-order chi connectivity index (χ1) is 6.59. The first-order valence-corrected chi connectivity index (χ1v) is 5.08. The van der Waals surface area contributed by atoms with E-state index in [1.54, 1.807) is 4.90 Å². The second-order valence-electron chi connectivity index (χ2n) is 3.81. The Labute approximate surface area is 88.5 Å². The van der Waals surface area contributed by atoms with Crippen LogP contribution in [-0.4, -0.2) is 11.9 Å². The van der Waals surface area contributed by atoms with Crippen LogP contribution in [0, 0.1) is 0 Å². The molecular weight excluding hydrogens is 198 g/mol. The van der Waals surface area contributed by atoms with Gasteiger partial charge in [0.1, 0.15) is 0 Å². The summed E-state index contributed by atoms with van der Waals surface area (Å²) >= 11 is 5.90. The summed E-state index contributed by atoms with van der Waals surface area (Å²) in [6.07, 6.45) is 0.505. The van der Waals surface area contributed by atoms with Crippen molar-refractivity contribution in [1.29, 1.82) is 0 Å². The maximum atomic E-state index is 11.7. The van der Waals surface area contributed by atoms with Crippen LogP contribution in [0.5, 0.6) is 0 Å². The Morgan fingerprint density at radius 1 is 1.43 bits per heavy atom. The summed E-state index contributed by atoms with van der Waals surface area (Å²) in [5.41, 5.74) is 2.05. The molecule has 3 heteroatoms. The van der Waals surface area contributed by atoms with Gasteiger partial charge in [0, 0.05) is 16.8 Å². The van der Waals surface area contributed by atoms with Gasteiger partial charge in [0.05, 0.1) is 6.42 Å². The number of anilines is 1. The fourth-order valence-electron chi connectivity index (χ4n) is 1.86. The van der Waals surface area contributed by atoms with E-state index in [0.29, 0.717) is 11.4 Å². The molecule has 0 radical (unpaired) electrons. The molecule has 1 aromatic carbocycles. The molecule has 0 saturated carbocycles. The molecule has 1 heterocycles. The lowest BCUT2D eigenvalue weighted by atomic mass is 10.2. The Hall–Kier alpha value is -1.02. The number of amides is 1. The van der Waals surface area contributed by atoms with Crippen LogP contribution in [0.2, 0.25) is 5.02 Å². The molecular formula is C11H12ClNO. The molecule has 0 aliphatic carbocycles. The molecule has 14 heavy (non-hydrogen) atoms. The highest BCUT2D eigenvalue weighted by atomic mass is 35.5. The molecule has 2 rings (SSSR count). The molecule has 1 amide bonds. The average molecular weight is 210 g/mol. The number of rotatable bonds is 1. The third-order valence-corrected chi connectivity index (χ3v) is 2.67. The summed E-state index contributed by atoms with van der Waals surface area (Å²) in [4.78, 5) is 13.5. The van der Waals surface area contributed by atoms with Crippen molar-refractivity contribution in [3.63, 3.8) is 0 Å². The summed E-state index contributed by atoms with van der Waals surface area (Å²) in [6.45, 7) is 4.02. The van der Waals surface area contributed by atoms with Gasteiger partial charge in [0.2, 0.25) is 5.91 Å². The van der Waals surface area contributed by atoms with E-state index in [9.17, 15) is 4.79 Å². The van der Waals surface area contributed by atoms with Gasteiger partial charge in [0.25, 0.3) is 0 Å². The second kappa shape index (κ2) is 3.28. The van der Waals surface area contributed by atoms with Crippen LogP contribution >= 0.6 is 11.6 Å². The van der Waals surface area contributed by atoms with Crippen LogP contribution in [0.4, 0.5) is 5.69 Å². The summed E-state index contributed by atoms with van der Waals surface area (Å²) in [6, 6.07) is 5.82. The third-order valence-electron chi connectivity index (χ3n) is 2.43. The first-order valence-electron chi connectivity index (χ1n) is 4.70. The zero-order valence-corrected chi connectivity index (χ0v) is 9.01. The molecule has 2 nitrogen and oxygen atoms in total. The topological polar surface area (TPSA) is 20.3 Å². The van der Waals surface area contributed by atoms with Crippen molar-refractivity contribution in [2.75, 3.05) is 4.90 Å². The molecule has 0 spiro atoms. The minimum Gasteiger partial charge on any atom is -0.309 e. The van der Waals surface area contributed by atoms with Gasteiger partial charge in [-0.2, -0.15) is 0 Å². The molecule has 1 aliphatic heterocycles. The van der Waals surface area contributed by atoms with Crippen molar-refractivity contribution >= 4 is 23.2 Å². The van der Waals surface area contributed by atoms with Crippen molar-refractivity contribution < 1.29 is 4.79 Å². The summed E-state index contributed by atoms with van der Waals surface area (Å²) in [5, 5.41) is 0.684. The minimum atomic E-state index is 0.164. The highest BCUT2D eigenvalue weighted by Gasteiger charge is 2.28. The van der Waals surface area contributed by atoms with Crippen LogP contribution in [0.1, 0.15) is 19.4 Å². The number of halogens is 1. The maximum absolute atomic E-state index is 11.7. The van der Waals surface area contributed by atoms with Gasteiger partial charge >= 0.3 is 0 Å². The van der Waals surface area contributed by atoms with Crippen molar-refractivity contribution in [2.45, 2.75) is 26.3 Å². The van der Waals surface area contributed by atoms with Gasteiger partial charge in [-0.05, 0) is 31.5 Å². The zero-order valence-electron chi connectivity index (χ0n) is 8.25. The average Bonchev–Trinajstić information content (AvgIpc) is 2.40. The van der Waals surface area contributed by atoms with E-state index in [0.717, 1.165) is 11.3 Å². The lowest BCUT2D eigenvalue weighted by Gasteiger charge is -2.21. The van der Waals surface area contributed by atoms with Crippen molar-refractivity contribution in [3.8, 4) is 0 Å². The van der Waals surface area contributed by atoms with Gasteiger partial charge in [-0.25, -0.2) is 0 Å². The quantitative estimate of drug-likeness (QED) is 0.697. The van der Waals surface area contributed by atoms with E-state index in [4.69, 9.17) is 11.6 Å². The van der Waals surface area contributed by atoms with Gasteiger partial charge in [0.15, 0.2) is 0 Å². The van der Waals surface area contributed by atoms with Crippen molar-refractivity contribution in [1.82, 2.24) is 0 Å². The van der Waals surface area contributed by atoms with E-state index < -0.39 is 0 Å². The molecule has 1 aliphatic rings. The van der Waals surface area contributed by atoms with Crippen LogP contribution < -0.4 is 4.90 Å². The van der Waals surface area contributed by atoms with Crippen LogP contribution in [0.3, 0.4) is 0 Å². The highest BCUT2D eigenvalue weighted by molar-refractivity contribution is 6.31. The number of hydrogen-bond donors (Lipinski definition) is 0.